The summed E-state index contributed by atoms with van der Waals surface area (Å²) in [5.41, 5.74) is 0.786. The number of likely N-dealkylation sites (N-methyl/N-ethyl adjacent to an activating group) is 1. The molecule has 0 saturated carbocycles. The van der Waals surface area contributed by atoms with Crippen LogP contribution in [-0.2, 0) is 4.79 Å². The summed E-state index contributed by atoms with van der Waals surface area (Å²) in [4.78, 5) is 12.8. The Morgan fingerprint density at radius 2 is 1.92 bits per heavy atom. The Bertz CT molecular complexity index is 282. The lowest BCUT2D eigenvalue weighted by Gasteiger charge is -2.18. The molecule has 0 saturated heterocycles. The van der Waals surface area contributed by atoms with Gasteiger partial charge in [0.2, 0.25) is 0 Å². The Hall–Kier alpha value is -1.35. The molecule has 0 aliphatic rings. The summed E-state index contributed by atoms with van der Waals surface area (Å²) in [6, 6.07) is 9.22. The highest BCUT2D eigenvalue weighted by Crippen LogP contribution is 2.11. The first-order valence-corrected chi connectivity index (χ1v) is 4.13. The summed E-state index contributed by atoms with van der Waals surface area (Å²) >= 11 is 0. The Morgan fingerprint density at radius 1 is 1.38 bits per heavy atom. The van der Waals surface area contributed by atoms with Crippen molar-refractivity contribution in [1.29, 1.82) is 0 Å². The number of carbonyl (C=O) groups excluding carboxylic acids is 1. The Balaban J connectivity index is 2.80. The molecule has 0 spiro atoms. The van der Waals surface area contributed by atoms with E-state index >= 15 is 0 Å². The van der Waals surface area contributed by atoms with Gasteiger partial charge in [0.1, 0.15) is 6.10 Å². The van der Waals surface area contributed by atoms with Crippen molar-refractivity contribution in [3.63, 3.8) is 0 Å². The molecule has 1 aromatic rings. The van der Waals surface area contributed by atoms with Crippen molar-refractivity contribution in [1.82, 2.24) is 0 Å². The molecule has 3 nitrogen and oxygen atoms in total. The Morgan fingerprint density at radius 3 is 2.38 bits per heavy atom. The van der Waals surface area contributed by atoms with E-state index in [0.29, 0.717) is 0 Å². The zero-order valence-corrected chi connectivity index (χ0v) is 7.77. The van der Waals surface area contributed by atoms with E-state index in [1.54, 1.807) is 7.05 Å². The SMILES string of the molecule is CC(O)C(=O)N(C)c1ccccc1. The standard InChI is InChI=1S/C10H13NO2/c1-8(12)10(13)11(2)9-6-4-3-5-7-9/h3-8,12H,1-2H3. The van der Waals surface area contributed by atoms with Gasteiger partial charge in [0.05, 0.1) is 0 Å². The maximum absolute atomic E-state index is 11.3. The molecule has 0 radical (unpaired) electrons. The second-order valence-corrected chi connectivity index (χ2v) is 2.91. The number of hydrogen-bond acceptors (Lipinski definition) is 2. The average molecular weight is 179 g/mol. The lowest BCUT2D eigenvalue weighted by molar-refractivity contribution is -0.125. The molecule has 0 aromatic heterocycles. The van der Waals surface area contributed by atoms with E-state index in [1.807, 2.05) is 30.3 Å². The molecule has 1 amide bonds. The molecule has 1 aromatic carbocycles. The van der Waals surface area contributed by atoms with Crippen molar-refractivity contribution in [3.05, 3.63) is 30.3 Å². The highest BCUT2D eigenvalue weighted by molar-refractivity contribution is 5.95. The molecule has 13 heavy (non-hydrogen) atoms. The van der Waals surface area contributed by atoms with Crippen LogP contribution in [0.4, 0.5) is 5.69 Å². The van der Waals surface area contributed by atoms with Gasteiger partial charge < -0.3 is 10.0 Å². The summed E-state index contributed by atoms with van der Waals surface area (Å²) in [6.45, 7) is 1.46. The normalized spacial score (nSPS) is 12.2. The molecule has 0 aliphatic heterocycles. The van der Waals surface area contributed by atoms with Crippen molar-refractivity contribution in [2.24, 2.45) is 0 Å². The number of hydrogen-bond donors (Lipinski definition) is 1. The van der Waals surface area contributed by atoms with Gasteiger partial charge in [-0.05, 0) is 19.1 Å². The van der Waals surface area contributed by atoms with Crippen molar-refractivity contribution >= 4 is 11.6 Å². The smallest absolute Gasteiger partial charge is 0.255 e. The van der Waals surface area contributed by atoms with Crippen LogP contribution in [0.5, 0.6) is 0 Å². The fourth-order valence-corrected chi connectivity index (χ4v) is 1.06. The van der Waals surface area contributed by atoms with Crippen LogP contribution in [0.3, 0.4) is 0 Å². The van der Waals surface area contributed by atoms with Crippen LogP contribution in [-0.4, -0.2) is 24.2 Å². The van der Waals surface area contributed by atoms with E-state index in [0.717, 1.165) is 5.69 Å². The van der Waals surface area contributed by atoms with Gasteiger partial charge in [-0.2, -0.15) is 0 Å². The topological polar surface area (TPSA) is 40.5 Å². The molecule has 0 bridgehead atoms. The molecular formula is C10H13NO2. The predicted octanol–water partition coefficient (Wildman–Crippen LogP) is 1.03. The van der Waals surface area contributed by atoms with Gasteiger partial charge in [-0.3, -0.25) is 4.79 Å². The molecule has 70 valence electrons. The average Bonchev–Trinajstić information content (AvgIpc) is 2.17. The number of anilines is 1. The zero-order chi connectivity index (χ0) is 9.84. The third-order valence-corrected chi connectivity index (χ3v) is 1.83. The predicted molar refractivity (Wildman–Crippen MR) is 51.5 cm³/mol. The fraction of sp³-hybridized carbons (Fsp3) is 0.300. The molecule has 0 heterocycles. The minimum Gasteiger partial charge on any atom is -0.384 e. The first kappa shape index (κ1) is 9.74. The summed E-state index contributed by atoms with van der Waals surface area (Å²) in [6.07, 6.45) is -0.954. The number of benzene rings is 1. The Labute approximate surface area is 77.6 Å². The molecule has 0 fully saturated rings. The Kier molecular flexibility index (Phi) is 3.03. The summed E-state index contributed by atoms with van der Waals surface area (Å²) in [5, 5.41) is 9.06. The third-order valence-electron chi connectivity index (χ3n) is 1.83. The van der Waals surface area contributed by atoms with E-state index in [1.165, 1.54) is 11.8 Å². The van der Waals surface area contributed by atoms with Crippen molar-refractivity contribution in [2.45, 2.75) is 13.0 Å². The van der Waals surface area contributed by atoms with Gasteiger partial charge in [0.15, 0.2) is 0 Å². The maximum Gasteiger partial charge on any atom is 0.255 e. The second kappa shape index (κ2) is 4.05. The minimum absolute atomic E-state index is 0.300. The van der Waals surface area contributed by atoms with Crippen LogP contribution in [0, 0.1) is 0 Å². The molecule has 1 atom stereocenters. The number of nitrogens with zero attached hydrogens (tertiary/aromatic N) is 1. The maximum atomic E-state index is 11.3. The van der Waals surface area contributed by atoms with Gasteiger partial charge in [0.25, 0.3) is 5.91 Å². The highest BCUT2D eigenvalue weighted by Gasteiger charge is 2.15. The number of aliphatic hydroxyl groups is 1. The number of carbonyl (C=O) groups is 1. The summed E-state index contributed by atoms with van der Waals surface area (Å²) < 4.78 is 0. The summed E-state index contributed by atoms with van der Waals surface area (Å²) in [7, 11) is 1.64. The van der Waals surface area contributed by atoms with Crippen LogP contribution in [0.15, 0.2) is 30.3 Å². The van der Waals surface area contributed by atoms with Gasteiger partial charge in [-0.15, -0.1) is 0 Å². The number of amides is 1. The lowest BCUT2D eigenvalue weighted by Crippen LogP contribution is -2.34. The van der Waals surface area contributed by atoms with Crippen LogP contribution in [0.2, 0.25) is 0 Å². The lowest BCUT2D eigenvalue weighted by atomic mass is 10.2. The zero-order valence-electron chi connectivity index (χ0n) is 7.77. The molecule has 1 N–H and O–H groups in total. The van der Waals surface area contributed by atoms with Gasteiger partial charge >= 0.3 is 0 Å². The molecular weight excluding hydrogens is 166 g/mol. The third kappa shape index (κ3) is 2.29. The fourth-order valence-electron chi connectivity index (χ4n) is 1.06. The van der Waals surface area contributed by atoms with E-state index in [-0.39, 0.29) is 5.91 Å². The van der Waals surface area contributed by atoms with Crippen molar-refractivity contribution in [3.8, 4) is 0 Å². The molecule has 1 rings (SSSR count). The number of aliphatic hydroxyl groups excluding tert-OH is 1. The second-order valence-electron chi connectivity index (χ2n) is 2.91. The molecule has 0 aliphatic carbocycles. The molecule has 1 unspecified atom stereocenters. The van der Waals surface area contributed by atoms with Gasteiger partial charge in [0, 0.05) is 12.7 Å². The number of rotatable bonds is 2. The van der Waals surface area contributed by atoms with E-state index in [2.05, 4.69) is 0 Å². The van der Waals surface area contributed by atoms with Crippen LogP contribution in [0.25, 0.3) is 0 Å². The first-order chi connectivity index (χ1) is 6.13. The monoisotopic (exact) mass is 179 g/mol. The number of para-hydroxylation sites is 1. The van der Waals surface area contributed by atoms with Gasteiger partial charge in [-0.1, -0.05) is 18.2 Å². The van der Waals surface area contributed by atoms with E-state index in [9.17, 15) is 4.79 Å². The minimum atomic E-state index is -0.954. The van der Waals surface area contributed by atoms with Crippen molar-refractivity contribution in [2.75, 3.05) is 11.9 Å². The first-order valence-electron chi connectivity index (χ1n) is 4.13. The van der Waals surface area contributed by atoms with Crippen LogP contribution in [0.1, 0.15) is 6.92 Å². The van der Waals surface area contributed by atoms with E-state index < -0.39 is 6.10 Å². The van der Waals surface area contributed by atoms with Crippen LogP contribution < -0.4 is 4.90 Å². The highest BCUT2D eigenvalue weighted by atomic mass is 16.3. The van der Waals surface area contributed by atoms with Crippen LogP contribution >= 0.6 is 0 Å². The van der Waals surface area contributed by atoms with E-state index in [4.69, 9.17) is 5.11 Å². The largest absolute Gasteiger partial charge is 0.384 e. The summed E-state index contributed by atoms with van der Waals surface area (Å²) in [5.74, 6) is -0.300. The van der Waals surface area contributed by atoms with Crippen molar-refractivity contribution < 1.29 is 9.90 Å². The molecule has 3 heteroatoms. The quantitative estimate of drug-likeness (QED) is 0.736. The van der Waals surface area contributed by atoms with Gasteiger partial charge in [-0.25, -0.2) is 0 Å².